The molecule has 0 fully saturated rings. The minimum atomic E-state index is -0.761. The van der Waals surface area contributed by atoms with Gasteiger partial charge in [0.15, 0.2) is 0 Å². The van der Waals surface area contributed by atoms with Crippen LogP contribution in [0.4, 0.5) is 34.1 Å². The van der Waals surface area contributed by atoms with E-state index in [-0.39, 0.29) is 79.8 Å². The lowest BCUT2D eigenvalue weighted by Gasteiger charge is -2.46. The van der Waals surface area contributed by atoms with Crippen LogP contribution in [0.5, 0.6) is 0 Å². The van der Waals surface area contributed by atoms with Gasteiger partial charge in [-0.1, -0.05) is 336 Å². The number of hydrogen-bond acceptors (Lipinski definition) is 2. The predicted octanol–water partition coefficient (Wildman–Crippen LogP) is 25.9. The Kier molecular flexibility index (Phi) is 14.9. The summed E-state index contributed by atoms with van der Waals surface area (Å²) in [6, 6.07) is 68.6. The maximum absolute atomic E-state index is 10.6. The molecule has 0 unspecified atom stereocenters. The van der Waals surface area contributed by atoms with Crippen molar-refractivity contribution in [1.29, 1.82) is 0 Å². The lowest BCUT2D eigenvalue weighted by atomic mass is 9.33. The second-order valence-corrected chi connectivity index (χ2v) is 37.5. The van der Waals surface area contributed by atoms with Gasteiger partial charge in [0, 0.05) is 55.8 Å². The summed E-state index contributed by atoms with van der Waals surface area (Å²) in [4.78, 5) is 5.08. The van der Waals surface area contributed by atoms with Crippen molar-refractivity contribution in [2.75, 3.05) is 9.80 Å². The van der Waals surface area contributed by atoms with Crippen LogP contribution in [0.2, 0.25) is 0 Å². The van der Waals surface area contributed by atoms with Crippen LogP contribution in [0.3, 0.4) is 0 Å². The molecule has 518 valence electrons. The first kappa shape index (κ1) is 62.6. The number of fused-ring (bicyclic) bond motifs is 7. The van der Waals surface area contributed by atoms with E-state index in [2.05, 4.69) is 316 Å². The third kappa shape index (κ3) is 12.4. The maximum Gasteiger partial charge on any atom is 0.252 e. The van der Waals surface area contributed by atoms with Crippen molar-refractivity contribution in [3.05, 3.63) is 263 Å². The molecule has 1 aromatic heterocycles. The topological polar surface area (TPSA) is 11.4 Å². The molecular formula is C98H108BN3. The van der Waals surface area contributed by atoms with Crippen LogP contribution in [-0.4, -0.2) is 11.3 Å². The zero-order chi connectivity index (χ0) is 78.3. The first-order chi connectivity index (χ1) is 50.2. The van der Waals surface area contributed by atoms with Crippen LogP contribution in [0.25, 0.3) is 72.0 Å². The van der Waals surface area contributed by atoms with Gasteiger partial charge in [0.2, 0.25) is 0 Å². The minimum absolute atomic E-state index is 0.0460. The van der Waals surface area contributed by atoms with Gasteiger partial charge in [0.25, 0.3) is 6.71 Å². The van der Waals surface area contributed by atoms with Crippen molar-refractivity contribution < 1.29 is 8.22 Å². The summed E-state index contributed by atoms with van der Waals surface area (Å²) in [6.07, 6.45) is 0. The number of hydrogen-bond donors (Lipinski definition) is 0. The lowest BCUT2D eigenvalue weighted by Crippen LogP contribution is -2.61. The van der Waals surface area contributed by atoms with Gasteiger partial charge >= 0.3 is 0 Å². The quantitative estimate of drug-likeness (QED) is 0.147. The molecule has 0 spiro atoms. The average Bonchev–Trinajstić information content (AvgIpc) is 1.05. The van der Waals surface area contributed by atoms with Crippen LogP contribution in [0.1, 0.15) is 219 Å². The van der Waals surface area contributed by atoms with Crippen molar-refractivity contribution in [2.45, 2.75) is 209 Å². The Morgan fingerprint density at radius 2 is 0.578 bits per heavy atom. The van der Waals surface area contributed by atoms with Crippen molar-refractivity contribution in [3.8, 4) is 50.2 Å². The Labute approximate surface area is 620 Å². The molecule has 4 heteroatoms. The SMILES string of the molecule is [2H]c1c(C(C)(C)C)c([2H])c2c3c([2H])c(C(C)(C)C)c([2H])c([2H])c3n(-c3cc4c5c(c3)N(c3c(-c6ccc(C(C)(C)C)cc6)cccc3-c3ccc(C(C)(C)C)cc3)c3cc(C(C)(C)C)ccc3B5c3cc(C(C)(C)C)ccc3N4c3c(-c4ccc(C(C)(C)C)cc4)cccc3-c3ccc(C(C)(C)C)cc3)c2c1[2H]. The van der Waals surface area contributed by atoms with Crippen molar-refractivity contribution in [3.63, 3.8) is 0 Å². The summed E-state index contributed by atoms with van der Waals surface area (Å²) in [5, 5.41) is 0.654. The Morgan fingerprint density at radius 3 is 0.912 bits per heavy atom. The highest BCUT2D eigenvalue weighted by atomic mass is 15.2. The van der Waals surface area contributed by atoms with E-state index in [4.69, 9.17) is 0 Å². The van der Waals surface area contributed by atoms with E-state index in [9.17, 15) is 8.22 Å². The first-order valence-electron chi connectivity index (χ1n) is 40.0. The second kappa shape index (κ2) is 24.3. The molecule has 14 rings (SSSR count). The molecule has 0 bridgehead atoms. The fourth-order valence-electron chi connectivity index (χ4n) is 15.2. The molecule has 0 aliphatic carbocycles. The van der Waals surface area contributed by atoms with Crippen molar-refractivity contribution in [1.82, 2.24) is 4.57 Å². The van der Waals surface area contributed by atoms with Crippen molar-refractivity contribution in [2.24, 2.45) is 0 Å². The summed E-state index contributed by atoms with van der Waals surface area (Å²) in [5.41, 5.74) is 23.7. The molecule has 0 radical (unpaired) electrons. The predicted molar refractivity (Wildman–Crippen MR) is 446 cm³/mol. The van der Waals surface area contributed by atoms with Gasteiger partial charge in [-0.3, -0.25) is 0 Å². The molecule has 11 aromatic carbocycles. The summed E-state index contributed by atoms with van der Waals surface area (Å²) >= 11 is 0. The Morgan fingerprint density at radius 1 is 0.275 bits per heavy atom. The van der Waals surface area contributed by atoms with E-state index in [1.54, 1.807) is 0 Å². The zero-order valence-electron chi connectivity index (χ0n) is 71.2. The highest BCUT2D eigenvalue weighted by Crippen LogP contribution is 2.55. The first-order valence-corrected chi connectivity index (χ1v) is 37.0. The van der Waals surface area contributed by atoms with E-state index >= 15 is 0 Å². The Hall–Kier alpha value is -9.12. The molecule has 0 amide bonds. The number of aromatic nitrogens is 1. The molecular weight excluding hydrogens is 1230 g/mol. The fraction of sp³-hybridized carbons (Fsp3) is 0.327. The highest BCUT2D eigenvalue weighted by Gasteiger charge is 2.47. The van der Waals surface area contributed by atoms with Gasteiger partial charge in [-0.2, -0.15) is 0 Å². The Bertz CT molecular complexity index is 5380. The molecule has 0 saturated carbocycles. The normalized spacial score (nSPS) is 14.6. The highest BCUT2D eigenvalue weighted by molar-refractivity contribution is 7.00. The summed E-state index contributed by atoms with van der Waals surface area (Å²) < 4.78 is 64.7. The molecule has 2 aliphatic rings. The van der Waals surface area contributed by atoms with Crippen LogP contribution < -0.4 is 26.2 Å². The molecule has 2 aliphatic heterocycles. The van der Waals surface area contributed by atoms with Crippen LogP contribution >= 0.6 is 0 Å². The van der Waals surface area contributed by atoms with Gasteiger partial charge in [0.05, 0.1) is 36.3 Å². The fourth-order valence-corrected chi connectivity index (χ4v) is 15.2. The van der Waals surface area contributed by atoms with Gasteiger partial charge in [-0.25, -0.2) is 0 Å². The van der Waals surface area contributed by atoms with Gasteiger partial charge in [-0.05, 0) is 175 Å². The number of rotatable bonds is 7. The van der Waals surface area contributed by atoms with E-state index in [0.717, 1.165) is 101 Å². The third-order valence-electron chi connectivity index (χ3n) is 21.6. The number of anilines is 6. The molecule has 3 nitrogen and oxygen atoms in total. The van der Waals surface area contributed by atoms with E-state index < -0.39 is 17.5 Å². The smallest absolute Gasteiger partial charge is 0.252 e. The zero-order valence-corrected chi connectivity index (χ0v) is 65.2. The lowest BCUT2D eigenvalue weighted by molar-refractivity contribution is 0.590. The minimum Gasteiger partial charge on any atom is -0.310 e. The maximum atomic E-state index is 10.6. The number of para-hydroxylation sites is 2. The molecule has 0 N–H and O–H groups in total. The molecule has 0 saturated heterocycles. The van der Waals surface area contributed by atoms with Crippen LogP contribution in [0, 0.1) is 0 Å². The largest absolute Gasteiger partial charge is 0.310 e. The number of nitrogens with zero attached hydrogens (tertiary/aromatic N) is 3. The molecule has 0 atom stereocenters. The van der Waals surface area contributed by atoms with Gasteiger partial charge < -0.3 is 14.4 Å². The van der Waals surface area contributed by atoms with Gasteiger partial charge in [-0.15, -0.1) is 0 Å². The number of benzene rings is 11. The van der Waals surface area contributed by atoms with Crippen molar-refractivity contribution >= 4 is 79.0 Å². The molecule has 102 heavy (non-hydrogen) atoms. The Balaban J connectivity index is 1.26. The van der Waals surface area contributed by atoms with E-state index in [1.807, 2.05) is 46.1 Å². The van der Waals surface area contributed by atoms with E-state index in [1.165, 1.54) is 27.8 Å². The summed E-state index contributed by atoms with van der Waals surface area (Å²) in [6.45, 7) is 52.5. The monoisotopic (exact) mass is 1340 g/mol. The summed E-state index contributed by atoms with van der Waals surface area (Å²) in [7, 11) is 0. The van der Waals surface area contributed by atoms with Gasteiger partial charge in [0.1, 0.15) is 0 Å². The summed E-state index contributed by atoms with van der Waals surface area (Å²) in [5.74, 6) is 0. The van der Waals surface area contributed by atoms with Crippen LogP contribution in [-0.2, 0) is 43.3 Å². The molecule has 3 heterocycles. The van der Waals surface area contributed by atoms with Crippen LogP contribution in [0.15, 0.2) is 218 Å². The standard InChI is InChI=1S/C98H108BN3/c1-91(2,3)65-39-31-61(32-40-65)74-27-25-28-75(62-33-41-66(42-34-62)92(4,5)6)89(74)101-84-54-50-71(97(19,20)21)57-81(84)99-80-51-47-72(98(22,23)24)58-85(80)102(90-76(63-35-43-67(44-36-63)93(7,8)9)29-26-30-77(90)64-37-45-68(46-38-64)94(10,11)12)87-60-73(59-86(101)88(87)99)100-82-52-48-69(95(13,14)15)55-78(82)79-56-70(96(16,17)18)49-53-83(79)100/h25-60H,1-24H3/i48D,49D,52D,53D,55D,56D. The second-order valence-electron chi connectivity index (χ2n) is 37.5. The third-order valence-corrected chi connectivity index (χ3v) is 21.6. The molecule has 12 aromatic rings. The average molecular weight is 1340 g/mol. The van der Waals surface area contributed by atoms with E-state index in [0.29, 0.717) is 27.6 Å².